The Morgan fingerprint density at radius 2 is 1.84 bits per heavy atom. The maximum atomic E-state index is 12.6. The van der Waals surface area contributed by atoms with E-state index in [-0.39, 0.29) is 11.9 Å². The number of amides is 1. The molecule has 0 bridgehead atoms. The Kier molecular flexibility index (Phi) is 5.14. The zero-order chi connectivity index (χ0) is 17.6. The first-order valence-corrected chi connectivity index (χ1v) is 8.27. The van der Waals surface area contributed by atoms with E-state index in [1.54, 1.807) is 24.1 Å². The van der Waals surface area contributed by atoms with Crippen molar-refractivity contribution in [3.63, 3.8) is 0 Å². The van der Waals surface area contributed by atoms with Gasteiger partial charge in [-0.2, -0.15) is 5.10 Å². The normalized spacial score (nSPS) is 11.8. The zero-order valence-corrected chi connectivity index (χ0v) is 14.3. The van der Waals surface area contributed by atoms with E-state index >= 15 is 0 Å². The monoisotopic (exact) mass is 335 g/mol. The topological polar surface area (TPSA) is 56.2 Å². The Labute approximate surface area is 147 Å². The fourth-order valence-electron chi connectivity index (χ4n) is 2.76. The van der Waals surface area contributed by atoms with Gasteiger partial charge in [0, 0.05) is 11.8 Å². The van der Waals surface area contributed by atoms with Crippen molar-refractivity contribution in [2.75, 3.05) is 7.11 Å². The molecule has 0 aliphatic rings. The smallest absolute Gasteiger partial charge is 0.272 e. The SMILES string of the molecule is CCC(NC(=O)c1ccn(-c2ccccc2)n1)c1ccccc1OC. The number of ether oxygens (including phenoxy) is 1. The number of hydrogen-bond donors (Lipinski definition) is 1. The first kappa shape index (κ1) is 16.8. The molecule has 0 radical (unpaired) electrons. The van der Waals surface area contributed by atoms with Crippen molar-refractivity contribution in [3.05, 3.63) is 78.1 Å². The van der Waals surface area contributed by atoms with Crippen molar-refractivity contribution in [1.82, 2.24) is 15.1 Å². The van der Waals surface area contributed by atoms with Crippen LogP contribution in [0.25, 0.3) is 5.69 Å². The average Bonchev–Trinajstić information content (AvgIpc) is 3.17. The fourth-order valence-corrected chi connectivity index (χ4v) is 2.76. The summed E-state index contributed by atoms with van der Waals surface area (Å²) in [6.45, 7) is 2.03. The van der Waals surface area contributed by atoms with Crippen molar-refractivity contribution >= 4 is 5.91 Å². The van der Waals surface area contributed by atoms with Crippen LogP contribution in [0.5, 0.6) is 5.75 Å². The van der Waals surface area contributed by atoms with Gasteiger partial charge in [-0.3, -0.25) is 4.79 Å². The summed E-state index contributed by atoms with van der Waals surface area (Å²) >= 11 is 0. The lowest BCUT2D eigenvalue weighted by molar-refractivity contribution is 0.0929. The van der Waals surface area contributed by atoms with Crippen molar-refractivity contribution in [1.29, 1.82) is 0 Å². The Hall–Kier alpha value is -3.08. The van der Waals surface area contributed by atoms with Gasteiger partial charge in [-0.25, -0.2) is 4.68 Å². The molecule has 3 aromatic rings. The fraction of sp³-hybridized carbons (Fsp3) is 0.200. The van der Waals surface area contributed by atoms with Gasteiger partial charge >= 0.3 is 0 Å². The summed E-state index contributed by atoms with van der Waals surface area (Å²) in [5.74, 6) is 0.567. The molecule has 5 nitrogen and oxygen atoms in total. The van der Waals surface area contributed by atoms with Crippen LogP contribution < -0.4 is 10.1 Å². The van der Waals surface area contributed by atoms with Crippen LogP contribution >= 0.6 is 0 Å². The predicted octanol–water partition coefficient (Wildman–Crippen LogP) is 3.76. The van der Waals surface area contributed by atoms with Crippen LogP contribution in [0, 0.1) is 0 Å². The van der Waals surface area contributed by atoms with Crippen molar-refractivity contribution in [2.24, 2.45) is 0 Å². The molecule has 3 rings (SSSR count). The molecule has 1 aromatic heterocycles. The van der Waals surface area contributed by atoms with E-state index in [0.29, 0.717) is 5.69 Å². The molecule has 1 amide bonds. The third-order valence-corrected chi connectivity index (χ3v) is 4.07. The molecule has 5 heteroatoms. The number of aromatic nitrogens is 2. The molecular formula is C20H21N3O2. The minimum Gasteiger partial charge on any atom is -0.496 e. The molecule has 1 atom stereocenters. The first-order chi connectivity index (χ1) is 12.2. The quantitative estimate of drug-likeness (QED) is 0.746. The second kappa shape index (κ2) is 7.66. The summed E-state index contributed by atoms with van der Waals surface area (Å²) in [5.41, 5.74) is 2.26. The second-order valence-corrected chi connectivity index (χ2v) is 5.66. The summed E-state index contributed by atoms with van der Waals surface area (Å²) in [7, 11) is 1.63. The van der Waals surface area contributed by atoms with Crippen LogP contribution in [0.15, 0.2) is 66.9 Å². The lowest BCUT2D eigenvalue weighted by Gasteiger charge is -2.19. The summed E-state index contributed by atoms with van der Waals surface area (Å²) in [6, 6.07) is 19.0. The molecule has 1 N–H and O–H groups in total. The van der Waals surface area contributed by atoms with Gasteiger partial charge < -0.3 is 10.1 Å². The van der Waals surface area contributed by atoms with E-state index in [1.165, 1.54) is 0 Å². The molecule has 0 saturated carbocycles. The number of hydrogen-bond acceptors (Lipinski definition) is 3. The summed E-state index contributed by atoms with van der Waals surface area (Å²) in [4.78, 5) is 12.6. The van der Waals surface area contributed by atoms with Gasteiger partial charge in [-0.05, 0) is 30.7 Å². The minimum absolute atomic E-state index is 0.134. The number of para-hydroxylation sites is 2. The summed E-state index contributed by atoms with van der Waals surface area (Å²) < 4.78 is 7.10. The third-order valence-electron chi connectivity index (χ3n) is 4.07. The number of benzene rings is 2. The highest BCUT2D eigenvalue weighted by atomic mass is 16.5. The van der Waals surface area contributed by atoms with Crippen LogP contribution in [0.1, 0.15) is 35.4 Å². The van der Waals surface area contributed by atoms with Gasteiger partial charge in [-0.15, -0.1) is 0 Å². The van der Waals surface area contributed by atoms with Crippen LogP contribution in [0.2, 0.25) is 0 Å². The highest BCUT2D eigenvalue weighted by Crippen LogP contribution is 2.27. The van der Waals surface area contributed by atoms with Crippen LogP contribution in [0.4, 0.5) is 0 Å². The number of carbonyl (C=O) groups is 1. The largest absolute Gasteiger partial charge is 0.496 e. The average molecular weight is 335 g/mol. The Morgan fingerprint density at radius 1 is 1.12 bits per heavy atom. The standard InChI is InChI=1S/C20H21N3O2/c1-3-17(16-11-7-8-12-19(16)25-2)21-20(24)18-13-14-23(22-18)15-9-5-4-6-10-15/h4-14,17H,3H2,1-2H3,(H,21,24). The van der Waals surface area contributed by atoms with E-state index in [0.717, 1.165) is 23.4 Å². The van der Waals surface area contributed by atoms with Crippen LogP contribution in [0.3, 0.4) is 0 Å². The van der Waals surface area contributed by atoms with Gasteiger partial charge in [0.25, 0.3) is 5.91 Å². The van der Waals surface area contributed by atoms with Gasteiger partial charge in [-0.1, -0.05) is 43.3 Å². The van der Waals surface area contributed by atoms with Crippen LogP contribution in [-0.4, -0.2) is 22.8 Å². The van der Waals surface area contributed by atoms with Gasteiger partial charge in [0.05, 0.1) is 18.8 Å². The number of rotatable bonds is 6. The highest BCUT2D eigenvalue weighted by Gasteiger charge is 2.19. The molecule has 2 aromatic carbocycles. The molecule has 0 saturated heterocycles. The summed E-state index contributed by atoms with van der Waals surface area (Å²) in [5, 5.41) is 7.42. The molecule has 1 heterocycles. The molecule has 0 aliphatic carbocycles. The maximum Gasteiger partial charge on any atom is 0.272 e. The third kappa shape index (κ3) is 3.71. The molecule has 0 aliphatic heterocycles. The highest BCUT2D eigenvalue weighted by molar-refractivity contribution is 5.92. The lowest BCUT2D eigenvalue weighted by Crippen LogP contribution is -2.28. The van der Waals surface area contributed by atoms with Gasteiger partial charge in [0.1, 0.15) is 5.75 Å². The Balaban J connectivity index is 1.78. The Bertz CT molecular complexity index is 843. The lowest BCUT2D eigenvalue weighted by atomic mass is 10.0. The van der Waals surface area contributed by atoms with E-state index < -0.39 is 0 Å². The molecule has 0 fully saturated rings. The van der Waals surface area contributed by atoms with Crippen molar-refractivity contribution in [3.8, 4) is 11.4 Å². The summed E-state index contributed by atoms with van der Waals surface area (Å²) in [6.07, 6.45) is 2.54. The molecule has 25 heavy (non-hydrogen) atoms. The van der Waals surface area contributed by atoms with Gasteiger partial charge in [0.2, 0.25) is 0 Å². The van der Waals surface area contributed by atoms with E-state index in [2.05, 4.69) is 10.4 Å². The number of carbonyl (C=O) groups excluding carboxylic acids is 1. The Morgan fingerprint density at radius 3 is 2.56 bits per heavy atom. The maximum absolute atomic E-state index is 12.6. The van der Waals surface area contributed by atoms with E-state index in [4.69, 9.17) is 4.74 Å². The van der Waals surface area contributed by atoms with E-state index in [9.17, 15) is 4.79 Å². The predicted molar refractivity (Wildman–Crippen MR) is 97.1 cm³/mol. The van der Waals surface area contributed by atoms with Gasteiger partial charge in [0.15, 0.2) is 5.69 Å². The van der Waals surface area contributed by atoms with Crippen LogP contribution in [-0.2, 0) is 0 Å². The first-order valence-electron chi connectivity index (χ1n) is 8.27. The minimum atomic E-state index is -0.201. The van der Waals surface area contributed by atoms with Crippen molar-refractivity contribution in [2.45, 2.75) is 19.4 Å². The zero-order valence-electron chi connectivity index (χ0n) is 14.3. The van der Waals surface area contributed by atoms with Crippen molar-refractivity contribution < 1.29 is 9.53 Å². The molecule has 0 spiro atoms. The number of methoxy groups -OCH3 is 1. The molecular weight excluding hydrogens is 314 g/mol. The second-order valence-electron chi connectivity index (χ2n) is 5.66. The molecule has 128 valence electrons. The number of nitrogens with one attached hydrogen (secondary N) is 1. The molecule has 1 unspecified atom stereocenters. The number of nitrogens with zero attached hydrogens (tertiary/aromatic N) is 2. The van der Waals surface area contributed by atoms with E-state index in [1.807, 2.05) is 61.5 Å².